The monoisotopic (exact) mass is 455 g/mol. The van der Waals surface area contributed by atoms with Crippen LogP contribution in [0.3, 0.4) is 0 Å². The number of hydrogen-bond donors (Lipinski definition) is 2. The minimum Gasteiger partial charge on any atom is -0.455 e. The zero-order chi connectivity index (χ0) is 21.3. The number of carbonyl (C=O) groups is 1. The quantitative estimate of drug-likeness (QED) is 0.356. The molecule has 1 saturated heterocycles. The lowest BCUT2D eigenvalue weighted by Crippen LogP contribution is -2.17. The molecular formula is C20H13N3O4S3. The minimum atomic E-state index is -3.33. The van der Waals surface area contributed by atoms with E-state index in [1.165, 1.54) is 11.8 Å². The van der Waals surface area contributed by atoms with Crippen molar-refractivity contribution >= 4 is 67.0 Å². The lowest BCUT2D eigenvalue weighted by Gasteiger charge is -2.02. The number of thiocarbonyl (C=S) groups is 1. The topological polar surface area (TPSA) is 101 Å². The van der Waals surface area contributed by atoms with Gasteiger partial charge in [0.15, 0.2) is 5.58 Å². The number of amides is 1. The maximum absolute atomic E-state index is 11.8. The van der Waals surface area contributed by atoms with E-state index in [-0.39, 0.29) is 5.91 Å². The molecule has 10 heteroatoms. The predicted molar refractivity (Wildman–Crippen MR) is 121 cm³/mol. The van der Waals surface area contributed by atoms with Crippen molar-refractivity contribution in [3.63, 3.8) is 0 Å². The van der Waals surface area contributed by atoms with Gasteiger partial charge in [-0.1, -0.05) is 35.8 Å². The van der Waals surface area contributed by atoms with Crippen LogP contribution in [-0.2, 0) is 14.8 Å². The molecule has 1 amide bonds. The van der Waals surface area contributed by atoms with E-state index in [2.05, 4.69) is 26.9 Å². The number of thioether (sulfide) groups is 1. The number of pyridine rings is 1. The Morgan fingerprint density at radius 2 is 2.00 bits per heavy atom. The molecule has 2 N–H and O–H groups in total. The second-order valence-electron chi connectivity index (χ2n) is 6.31. The van der Waals surface area contributed by atoms with Gasteiger partial charge in [-0.3, -0.25) is 14.5 Å². The van der Waals surface area contributed by atoms with E-state index in [0.29, 0.717) is 37.4 Å². The molecule has 30 heavy (non-hydrogen) atoms. The summed E-state index contributed by atoms with van der Waals surface area (Å²) in [5.74, 6) is 6.28. The van der Waals surface area contributed by atoms with Gasteiger partial charge in [0, 0.05) is 35.1 Å². The lowest BCUT2D eigenvalue weighted by atomic mass is 10.2. The normalized spacial score (nSPS) is 15.2. The zero-order valence-electron chi connectivity index (χ0n) is 15.4. The maximum Gasteiger partial charge on any atom is 0.263 e. The number of fused-ring (bicyclic) bond motifs is 1. The van der Waals surface area contributed by atoms with Crippen molar-refractivity contribution in [2.75, 3.05) is 11.0 Å². The van der Waals surface area contributed by atoms with Crippen LogP contribution in [0, 0.1) is 11.8 Å². The summed E-state index contributed by atoms with van der Waals surface area (Å²) in [5.41, 5.74) is 2.32. The summed E-state index contributed by atoms with van der Waals surface area (Å²) in [4.78, 5) is 16.5. The van der Waals surface area contributed by atoms with Crippen LogP contribution < -0.4 is 10.0 Å². The fourth-order valence-electron chi connectivity index (χ4n) is 2.67. The van der Waals surface area contributed by atoms with Crippen LogP contribution in [0.2, 0.25) is 0 Å². The Bertz CT molecular complexity index is 1380. The highest BCUT2D eigenvalue weighted by Crippen LogP contribution is 2.29. The first-order chi connectivity index (χ1) is 14.3. The molecule has 2 aromatic heterocycles. The zero-order valence-corrected chi connectivity index (χ0v) is 17.9. The molecule has 0 atom stereocenters. The number of sulfonamides is 1. The first kappa shape index (κ1) is 20.2. The third-order valence-corrected chi connectivity index (χ3v) is 5.66. The smallest absolute Gasteiger partial charge is 0.263 e. The number of aromatic nitrogens is 1. The molecule has 3 aromatic rings. The van der Waals surface area contributed by atoms with E-state index in [0.717, 1.165) is 11.6 Å². The summed E-state index contributed by atoms with van der Waals surface area (Å²) in [6.45, 7) is 0. The van der Waals surface area contributed by atoms with Gasteiger partial charge in [0.25, 0.3) is 5.91 Å². The van der Waals surface area contributed by atoms with Crippen molar-refractivity contribution in [2.45, 2.75) is 0 Å². The van der Waals surface area contributed by atoms with Crippen molar-refractivity contribution in [2.24, 2.45) is 0 Å². The third-order valence-electron chi connectivity index (χ3n) is 3.89. The highest BCUT2D eigenvalue weighted by Gasteiger charge is 2.22. The summed E-state index contributed by atoms with van der Waals surface area (Å²) < 4.78 is 31.2. The number of nitrogens with one attached hydrogen (secondary N) is 2. The first-order valence-corrected chi connectivity index (χ1v) is 11.6. The Kier molecular flexibility index (Phi) is 5.34. The van der Waals surface area contributed by atoms with Crippen LogP contribution in [0.1, 0.15) is 16.9 Å². The molecule has 0 unspecified atom stereocenters. The Morgan fingerprint density at radius 1 is 1.23 bits per heavy atom. The molecule has 1 aromatic carbocycles. The van der Waals surface area contributed by atoms with Crippen LogP contribution in [0.25, 0.3) is 17.0 Å². The summed E-state index contributed by atoms with van der Waals surface area (Å²) in [7, 11) is -3.33. The van der Waals surface area contributed by atoms with E-state index in [9.17, 15) is 13.2 Å². The lowest BCUT2D eigenvalue weighted by molar-refractivity contribution is -0.115. The van der Waals surface area contributed by atoms with Gasteiger partial charge < -0.3 is 9.73 Å². The Hall–Kier alpha value is -3.13. The van der Waals surface area contributed by atoms with E-state index in [1.807, 2.05) is 0 Å². The van der Waals surface area contributed by atoms with E-state index in [4.69, 9.17) is 16.6 Å². The first-order valence-electron chi connectivity index (χ1n) is 8.49. The predicted octanol–water partition coefficient (Wildman–Crippen LogP) is 3.09. The second kappa shape index (κ2) is 7.95. The van der Waals surface area contributed by atoms with Crippen LogP contribution >= 0.6 is 24.0 Å². The van der Waals surface area contributed by atoms with Gasteiger partial charge in [0.05, 0.1) is 16.7 Å². The van der Waals surface area contributed by atoms with Crippen molar-refractivity contribution in [3.8, 4) is 11.8 Å². The third kappa shape index (κ3) is 4.71. The van der Waals surface area contributed by atoms with Crippen LogP contribution in [0.5, 0.6) is 0 Å². The molecule has 3 heterocycles. The van der Waals surface area contributed by atoms with Crippen molar-refractivity contribution < 1.29 is 17.6 Å². The van der Waals surface area contributed by atoms with Gasteiger partial charge >= 0.3 is 0 Å². The largest absolute Gasteiger partial charge is 0.455 e. The molecular weight excluding hydrogens is 442 g/mol. The van der Waals surface area contributed by atoms with Gasteiger partial charge in [-0.2, -0.15) is 0 Å². The van der Waals surface area contributed by atoms with Gasteiger partial charge in [-0.05, 0) is 30.3 Å². The molecule has 0 spiro atoms. The van der Waals surface area contributed by atoms with Gasteiger partial charge in [-0.15, -0.1) is 0 Å². The summed E-state index contributed by atoms with van der Waals surface area (Å²) in [6, 6.07) is 8.47. The molecule has 1 aliphatic rings. The number of carbonyl (C=O) groups excluding carboxylic acids is 1. The van der Waals surface area contributed by atoms with Crippen LogP contribution in [0.15, 0.2) is 52.0 Å². The fraction of sp³-hybridized carbons (Fsp3) is 0.0500. The van der Waals surface area contributed by atoms with E-state index in [1.54, 1.807) is 48.8 Å². The van der Waals surface area contributed by atoms with Crippen molar-refractivity contribution in [1.82, 2.24) is 10.3 Å². The SMILES string of the molecule is CS(=O)(=O)Nc1ccc(C#Cc2cncc3cc(C=C4SC(=S)NC4=O)oc23)cc1. The average Bonchev–Trinajstić information content (AvgIpc) is 3.22. The molecule has 150 valence electrons. The molecule has 7 nitrogen and oxygen atoms in total. The average molecular weight is 456 g/mol. The molecule has 1 fully saturated rings. The van der Waals surface area contributed by atoms with Crippen LogP contribution in [-0.4, -0.2) is 29.9 Å². The summed E-state index contributed by atoms with van der Waals surface area (Å²) in [5, 5.41) is 3.32. The number of hydrogen-bond acceptors (Lipinski definition) is 7. The van der Waals surface area contributed by atoms with Gasteiger partial charge in [0.2, 0.25) is 10.0 Å². The minimum absolute atomic E-state index is 0.252. The number of furan rings is 1. The number of nitrogens with zero attached hydrogens (tertiary/aromatic N) is 1. The highest BCUT2D eigenvalue weighted by atomic mass is 32.2. The maximum atomic E-state index is 11.8. The van der Waals surface area contributed by atoms with Gasteiger partial charge in [-0.25, -0.2) is 8.42 Å². The molecule has 0 aliphatic carbocycles. The molecule has 1 aliphatic heterocycles. The number of benzene rings is 1. The molecule has 0 saturated carbocycles. The van der Waals surface area contributed by atoms with Crippen molar-refractivity contribution in [3.05, 3.63) is 64.5 Å². The highest BCUT2D eigenvalue weighted by molar-refractivity contribution is 8.26. The van der Waals surface area contributed by atoms with Gasteiger partial charge in [0.1, 0.15) is 10.1 Å². The molecule has 4 rings (SSSR count). The Morgan fingerprint density at radius 3 is 2.67 bits per heavy atom. The van der Waals surface area contributed by atoms with Crippen molar-refractivity contribution in [1.29, 1.82) is 0 Å². The second-order valence-corrected chi connectivity index (χ2v) is 9.78. The number of anilines is 1. The Labute approximate surface area is 182 Å². The fourth-order valence-corrected chi connectivity index (χ4v) is 4.26. The molecule has 0 radical (unpaired) electrons. The van der Waals surface area contributed by atoms with E-state index >= 15 is 0 Å². The summed E-state index contributed by atoms with van der Waals surface area (Å²) >= 11 is 6.17. The van der Waals surface area contributed by atoms with Crippen LogP contribution in [0.4, 0.5) is 5.69 Å². The van der Waals surface area contributed by atoms with E-state index < -0.39 is 10.0 Å². The number of rotatable bonds is 3. The Balaban J connectivity index is 1.62. The summed E-state index contributed by atoms with van der Waals surface area (Å²) in [6.07, 6.45) is 5.98. The molecule has 0 bridgehead atoms. The standard InChI is InChI=1S/C20H13N3O4S3/c1-30(25,26)23-15-6-3-12(4-7-15)2-5-13-10-21-11-14-8-16(27-18(13)14)9-17-19(24)22-20(28)29-17/h3-4,6-11,23H,1H3,(H,22,24,28).